The van der Waals surface area contributed by atoms with Gasteiger partial charge < -0.3 is 0 Å². The van der Waals surface area contributed by atoms with Gasteiger partial charge in [0.2, 0.25) is 0 Å². The molecule has 6 heteroatoms. The molecule has 0 bridgehead atoms. The average molecular weight is 310 g/mol. The molecule has 3 N–H and O–H groups in total. The van der Waals surface area contributed by atoms with E-state index in [0.29, 0.717) is 0 Å². The lowest BCUT2D eigenvalue weighted by atomic mass is 10.1. The topological polar surface area (TPSA) is 68.8 Å². The van der Waals surface area contributed by atoms with Gasteiger partial charge in [0.25, 0.3) is 0 Å². The van der Waals surface area contributed by atoms with Gasteiger partial charge in [-0.25, -0.2) is 5.43 Å². The molecule has 0 saturated carbocycles. The zero-order chi connectivity index (χ0) is 13.1. The number of hydrazine groups is 1. The van der Waals surface area contributed by atoms with Crippen LogP contribution >= 0.6 is 15.9 Å². The maximum absolute atomic E-state index is 5.69. The summed E-state index contributed by atoms with van der Waals surface area (Å²) in [5.41, 5.74) is 5.83. The van der Waals surface area contributed by atoms with E-state index in [1.807, 2.05) is 36.9 Å². The van der Waals surface area contributed by atoms with Gasteiger partial charge in [0.05, 0.1) is 22.4 Å². The monoisotopic (exact) mass is 309 g/mol. The number of pyridine rings is 1. The predicted molar refractivity (Wildman–Crippen MR) is 73.7 cm³/mol. The van der Waals surface area contributed by atoms with Gasteiger partial charge in [-0.05, 0) is 41.4 Å². The molecule has 96 valence electrons. The highest BCUT2D eigenvalue weighted by molar-refractivity contribution is 9.10. The standard InChI is InChI=1S/C12H16BrN5/c1-3-18-12(10(13)7-16-18)11(17-14)9-5-4-8(2)15-6-9/h4-7,11,17H,3,14H2,1-2H3. The summed E-state index contributed by atoms with van der Waals surface area (Å²) >= 11 is 3.51. The number of hydrogen-bond acceptors (Lipinski definition) is 4. The molecule has 0 aromatic carbocycles. The first-order valence-electron chi connectivity index (χ1n) is 5.77. The highest BCUT2D eigenvalue weighted by atomic mass is 79.9. The van der Waals surface area contributed by atoms with Gasteiger partial charge in [-0.3, -0.25) is 15.5 Å². The number of rotatable bonds is 4. The third-order valence-corrected chi connectivity index (χ3v) is 3.45. The van der Waals surface area contributed by atoms with Crippen molar-refractivity contribution in [3.63, 3.8) is 0 Å². The number of aryl methyl sites for hydroxylation is 2. The van der Waals surface area contributed by atoms with E-state index in [4.69, 9.17) is 5.84 Å². The molecule has 0 amide bonds. The largest absolute Gasteiger partial charge is 0.271 e. The lowest BCUT2D eigenvalue weighted by Gasteiger charge is -2.18. The summed E-state index contributed by atoms with van der Waals surface area (Å²) in [5.74, 6) is 5.69. The van der Waals surface area contributed by atoms with E-state index < -0.39 is 0 Å². The van der Waals surface area contributed by atoms with E-state index in [-0.39, 0.29) is 6.04 Å². The van der Waals surface area contributed by atoms with E-state index >= 15 is 0 Å². The Morgan fingerprint density at radius 3 is 2.78 bits per heavy atom. The van der Waals surface area contributed by atoms with E-state index in [0.717, 1.165) is 28.0 Å². The SMILES string of the molecule is CCn1ncc(Br)c1C(NN)c1ccc(C)nc1. The molecule has 0 aliphatic carbocycles. The first-order chi connectivity index (χ1) is 8.67. The van der Waals surface area contributed by atoms with Crippen LogP contribution in [-0.4, -0.2) is 14.8 Å². The Bertz CT molecular complexity index is 520. The number of nitrogens with zero attached hydrogens (tertiary/aromatic N) is 3. The van der Waals surface area contributed by atoms with E-state index in [1.54, 1.807) is 6.20 Å². The molecule has 0 aliphatic heterocycles. The fraction of sp³-hybridized carbons (Fsp3) is 0.333. The molecule has 2 aromatic heterocycles. The molecule has 0 fully saturated rings. The number of nitrogens with one attached hydrogen (secondary N) is 1. The molecule has 2 rings (SSSR count). The van der Waals surface area contributed by atoms with Crippen molar-refractivity contribution < 1.29 is 0 Å². The normalized spacial score (nSPS) is 12.7. The molecule has 0 spiro atoms. The van der Waals surface area contributed by atoms with Gasteiger partial charge in [0.15, 0.2) is 0 Å². The fourth-order valence-electron chi connectivity index (χ4n) is 1.89. The summed E-state index contributed by atoms with van der Waals surface area (Å²) in [5, 5.41) is 4.30. The molecule has 0 radical (unpaired) electrons. The molecule has 1 atom stereocenters. The highest BCUT2D eigenvalue weighted by Gasteiger charge is 2.20. The Morgan fingerprint density at radius 2 is 2.22 bits per heavy atom. The van der Waals surface area contributed by atoms with Crippen LogP contribution in [0.25, 0.3) is 0 Å². The third-order valence-electron chi connectivity index (χ3n) is 2.84. The van der Waals surface area contributed by atoms with Crippen LogP contribution in [0.5, 0.6) is 0 Å². The van der Waals surface area contributed by atoms with Crippen LogP contribution in [0.2, 0.25) is 0 Å². The second-order valence-electron chi connectivity index (χ2n) is 4.03. The minimum atomic E-state index is -0.130. The average Bonchev–Trinajstić information content (AvgIpc) is 2.74. The Kier molecular flexibility index (Phi) is 4.11. The van der Waals surface area contributed by atoms with Crippen LogP contribution in [0.4, 0.5) is 0 Å². The van der Waals surface area contributed by atoms with Crippen LogP contribution < -0.4 is 11.3 Å². The van der Waals surface area contributed by atoms with Crippen LogP contribution in [0.15, 0.2) is 29.0 Å². The fourth-order valence-corrected chi connectivity index (χ4v) is 2.42. The summed E-state index contributed by atoms with van der Waals surface area (Å²) in [6, 6.07) is 3.86. The summed E-state index contributed by atoms with van der Waals surface area (Å²) in [7, 11) is 0. The second-order valence-corrected chi connectivity index (χ2v) is 4.88. The van der Waals surface area contributed by atoms with Gasteiger partial charge >= 0.3 is 0 Å². The van der Waals surface area contributed by atoms with E-state index in [1.165, 1.54) is 0 Å². The van der Waals surface area contributed by atoms with Gasteiger partial charge in [-0.15, -0.1) is 0 Å². The predicted octanol–water partition coefficient (Wildman–Crippen LogP) is 1.92. The van der Waals surface area contributed by atoms with Gasteiger partial charge in [-0.2, -0.15) is 5.10 Å². The molecule has 0 aliphatic rings. The lowest BCUT2D eigenvalue weighted by Crippen LogP contribution is -2.31. The third kappa shape index (κ3) is 2.45. The van der Waals surface area contributed by atoms with Crippen molar-refractivity contribution >= 4 is 15.9 Å². The second kappa shape index (κ2) is 5.60. The smallest absolute Gasteiger partial charge is 0.0904 e. The number of halogens is 1. The molecule has 2 aromatic rings. The Balaban J connectivity index is 2.44. The molecule has 18 heavy (non-hydrogen) atoms. The number of hydrogen-bond donors (Lipinski definition) is 2. The lowest BCUT2D eigenvalue weighted by molar-refractivity contribution is 0.541. The summed E-state index contributed by atoms with van der Waals surface area (Å²) < 4.78 is 2.85. The number of nitrogens with two attached hydrogens (primary N) is 1. The minimum absolute atomic E-state index is 0.130. The van der Waals surface area contributed by atoms with Gasteiger partial charge in [0, 0.05) is 18.4 Å². The van der Waals surface area contributed by atoms with E-state index in [9.17, 15) is 0 Å². The molecular formula is C12H16BrN5. The van der Waals surface area contributed by atoms with Crippen molar-refractivity contribution in [1.82, 2.24) is 20.2 Å². The van der Waals surface area contributed by atoms with Gasteiger partial charge in [-0.1, -0.05) is 6.07 Å². The van der Waals surface area contributed by atoms with Crippen molar-refractivity contribution in [1.29, 1.82) is 0 Å². The Labute approximate surface area is 115 Å². The maximum atomic E-state index is 5.69. The molecular weight excluding hydrogens is 294 g/mol. The quantitative estimate of drug-likeness (QED) is 0.669. The maximum Gasteiger partial charge on any atom is 0.0904 e. The van der Waals surface area contributed by atoms with Gasteiger partial charge in [0.1, 0.15) is 0 Å². The van der Waals surface area contributed by atoms with E-state index in [2.05, 4.69) is 31.4 Å². The summed E-state index contributed by atoms with van der Waals surface area (Å²) in [4.78, 5) is 4.30. The molecule has 0 saturated heterocycles. The van der Waals surface area contributed by atoms with Crippen LogP contribution in [0, 0.1) is 6.92 Å². The van der Waals surface area contributed by atoms with Crippen molar-refractivity contribution in [2.45, 2.75) is 26.4 Å². The molecule has 2 heterocycles. The first kappa shape index (κ1) is 13.2. The Morgan fingerprint density at radius 1 is 1.44 bits per heavy atom. The Hall–Kier alpha value is -1.24. The first-order valence-corrected chi connectivity index (χ1v) is 6.56. The van der Waals surface area contributed by atoms with Crippen molar-refractivity contribution in [2.24, 2.45) is 5.84 Å². The molecule has 1 unspecified atom stereocenters. The van der Waals surface area contributed by atoms with Crippen molar-refractivity contribution in [2.75, 3.05) is 0 Å². The van der Waals surface area contributed by atoms with Crippen LogP contribution in [0.1, 0.15) is 29.9 Å². The highest BCUT2D eigenvalue weighted by Crippen LogP contribution is 2.27. The molecule has 5 nitrogen and oxygen atoms in total. The number of aromatic nitrogens is 3. The van der Waals surface area contributed by atoms with Crippen molar-refractivity contribution in [3.8, 4) is 0 Å². The van der Waals surface area contributed by atoms with Crippen LogP contribution in [-0.2, 0) is 6.54 Å². The van der Waals surface area contributed by atoms with Crippen LogP contribution in [0.3, 0.4) is 0 Å². The van der Waals surface area contributed by atoms with Crippen molar-refractivity contribution in [3.05, 3.63) is 46.0 Å². The summed E-state index contributed by atoms with van der Waals surface area (Å²) in [6.45, 7) is 4.79. The zero-order valence-corrected chi connectivity index (χ0v) is 12.0. The zero-order valence-electron chi connectivity index (χ0n) is 10.4. The minimum Gasteiger partial charge on any atom is -0.271 e. The summed E-state index contributed by atoms with van der Waals surface area (Å²) in [6.07, 6.45) is 3.62.